The lowest BCUT2D eigenvalue weighted by Crippen LogP contribution is -2.47. The Labute approximate surface area is 219 Å². The normalized spacial score (nSPS) is 11.9. The molecule has 0 spiro atoms. The van der Waals surface area contributed by atoms with E-state index in [1.807, 2.05) is 74.5 Å². The molecule has 2 amide bonds. The van der Waals surface area contributed by atoms with Crippen molar-refractivity contribution in [3.05, 3.63) is 106 Å². The van der Waals surface area contributed by atoms with Crippen molar-refractivity contribution >= 4 is 29.8 Å². The Balaban J connectivity index is 1.41. The highest BCUT2D eigenvalue weighted by molar-refractivity contribution is 6.30. The molecule has 1 atom stereocenters. The number of ether oxygens (including phenoxy) is 1. The highest BCUT2D eigenvalue weighted by atomic mass is 35.5. The van der Waals surface area contributed by atoms with Gasteiger partial charge in [-0.2, -0.15) is 5.10 Å². The Morgan fingerprint density at radius 3 is 2.62 bits per heavy atom. The number of aromatic nitrogens is 3. The van der Waals surface area contributed by atoms with E-state index < -0.39 is 18.0 Å². The van der Waals surface area contributed by atoms with Crippen molar-refractivity contribution in [2.24, 2.45) is 5.10 Å². The molecule has 4 aromatic rings. The van der Waals surface area contributed by atoms with Crippen LogP contribution in [0.1, 0.15) is 28.2 Å². The van der Waals surface area contributed by atoms with Crippen LogP contribution in [-0.4, -0.2) is 38.8 Å². The number of aryl methyl sites for hydroxylation is 1. The van der Waals surface area contributed by atoms with E-state index in [2.05, 4.69) is 30.4 Å². The van der Waals surface area contributed by atoms with Crippen molar-refractivity contribution in [2.75, 3.05) is 0 Å². The van der Waals surface area contributed by atoms with E-state index in [0.717, 1.165) is 28.2 Å². The van der Waals surface area contributed by atoms with E-state index in [4.69, 9.17) is 16.3 Å². The second kappa shape index (κ2) is 12.0. The number of imidazole rings is 1. The molecule has 0 saturated heterocycles. The summed E-state index contributed by atoms with van der Waals surface area (Å²) in [6, 6.07) is 17.9. The van der Waals surface area contributed by atoms with Crippen LogP contribution in [0.25, 0.3) is 5.69 Å². The maximum absolute atomic E-state index is 12.9. The van der Waals surface area contributed by atoms with Crippen LogP contribution in [0.4, 0.5) is 4.79 Å². The van der Waals surface area contributed by atoms with Crippen molar-refractivity contribution in [3.63, 3.8) is 0 Å². The summed E-state index contributed by atoms with van der Waals surface area (Å²) < 4.78 is 7.35. The molecule has 2 heterocycles. The molecule has 10 heteroatoms. The number of H-pyrrole nitrogens is 1. The minimum Gasteiger partial charge on any atom is -0.445 e. The molecule has 0 unspecified atom stereocenters. The molecule has 3 N–H and O–H groups in total. The number of nitrogens with one attached hydrogen (secondary N) is 3. The first-order valence-corrected chi connectivity index (χ1v) is 12.0. The number of amides is 2. The molecule has 0 aliphatic heterocycles. The lowest BCUT2D eigenvalue weighted by atomic mass is 10.1. The van der Waals surface area contributed by atoms with Gasteiger partial charge in [0, 0.05) is 46.0 Å². The molecule has 0 saturated carbocycles. The zero-order chi connectivity index (χ0) is 26.2. The van der Waals surface area contributed by atoms with Gasteiger partial charge in [0.15, 0.2) is 0 Å². The monoisotopic (exact) mass is 518 g/mol. The number of benzene rings is 2. The first-order chi connectivity index (χ1) is 17.9. The van der Waals surface area contributed by atoms with E-state index in [1.54, 1.807) is 12.4 Å². The Hall–Kier alpha value is -4.37. The van der Waals surface area contributed by atoms with Crippen LogP contribution >= 0.6 is 11.6 Å². The van der Waals surface area contributed by atoms with Gasteiger partial charge in [0.2, 0.25) is 0 Å². The molecule has 2 aromatic carbocycles. The van der Waals surface area contributed by atoms with Crippen LogP contribution < -0.4 is 10.7 Å². The van der Waals surface area contributed by atoms with Gasteiger partial charge in [0.1, 0.15) is 12.6 Å². The molecule has 9 nitrogen and oxygen atoms in total. The highest BCUT2D eigenvalue weighted by Crippen LogP contribution is 2.21. The van der Waals surface area contributed by atoms with Crippen LogP contribution in [-0.2, 0) is 22.6 Å². The fourth-order valence-electron chi connectivity index (χ4n) is 3.88. The predicted octanol–water partition coefficient (Wildman–Crippen LogP) is 4.46. The molecule has 2 aromatic heterocycles. The quantitative estimate of drug-likeness (QED) is 0.224. The summed E-state index contributed by atoms with van der Waals surface area (Å²) in [4.78, 5) is 32.2. The largest absolute Gasteiger partial charge is 0.445 e. The van der Waals surface area contributed by atoms with Crippen molar-refractivity contribution < 1.29 is 14.3 Å². The van der Waals surface area contributed by atoms with Gasteiger partial charge in [-0.15, -0.1) is 0 Å². The SMILES string of the molecule is Cc1cc(/C=N\NC(=O)[C@@H](Cc2cnc[nH]2)NC(=O)OCc2ccccc2)c(C)n1-c1ccc(Cl)cc1. The zero-order valence-corrected chi connectivity index (χ0v) is 21.2. The van der Waals surface area contributed by atoms with Crippen LogP contribution in [0.3, 0.4) is 0 Å². The summed E-state index contributed by atoms with van der Waals surface area (Å²) in [5.74, 6) is -0.492. The Morgan fingerprint density at radius 2 is 1.92 bits per heavy atom. The van der Waals surface area contributed by atoms with E-state index >= 15 is 0 Å². The number of aromatic amines is 1. The van der Waals surface area contributed by atoms with Gasteiger partial charge < -0.3 is 19.6 Å². The van der Waals surface area contributed by atoms with Crippen LogP contribution in [0.15, 0.2) is 78.3 Å². The first kappa shape index (κ1) is 25.7. The third-order valence-corrected chi connectivity index (χ3v) is 5.99. The maximum atomic E-state index is 12.9. The number of nitrogens with zero attached hydrogens (tertiary/aromatic N) is 3. The summed E-state index contributed by atoms with van der Waals surface area (Å²) in [6.07, 6.45) is 4.15. The van der Waals surface area contributed by atoms with Gasteiger partial charge in [-0.25, -0.2) is 15.2 Å². The minimum atomic E-state index is -0.928. The fourth-order valence-corrected chi connectivity index (χ4v) is 4.01. The number of carbonyl (C=O) groups is 2. The van der Waals surface area contributed by atoms with E-state index in [-0.39, 0.29) is 13.0 Å². The standard InChI is InChI=1S/C27H27ClN6O3/c1-18-12-21(19(2)34(18)24-10-8-22(28)9-11-24)14-31-33-26(35)25(13-23-15-29-17-30-23)32-27(36)37-16-20-6-4-3-5-7-20/h3-12,14-15,17,25H,13,16H2,1-2H3,(H,29,30)(H,32,36)(H,33,35)/b31-14-/t25-/m1/s1. The first-order valence-electron chi connectivity index (χ1n) is 11.6. The van der Waals surface area contributed by atoms with Gasteiger partial charge in [0.05, 0.1) is 12.5 Å². The van der Waals surface area contributed by atoms with E-state index in [0.29, 0.717) is 10.7 Å². The fraction of sp³-hybridized carbons (Fsp3) is 0.185. The second-order valence-corrected chi connectivity index (χ2v) is 8.85. The maximum Gasteiger partial charge on any atom is 0.408 e. The number of hydrogen-bond donors (Lipinski definition) is 3. The molecule has 0 bridgehead atoms. The molecule has 0 aliphatic carbocycles. The molecule has 37 heavy (non-hydrogen) atoms. The highest BCUT2D eigenvalue weighted by Gasteiger charge is 2.22. The number of carbonyl (C=O) groups excluding carboxylic acids is 2. The summed E-state index contributed by atoms with van der Waals surface area (Å²) in [7, 11) is 0. The summed E-state index contributed by atoms with van der Waals surface area (Å²) in [5.41, 5.74) is 7.82. The number of hydrazone groups is 1. The Kier molecular flexibility index (Phi) is 8.37. The zero-order valence-electron chi connectivity index (χ0n) is 20.4. The number of hydrogen-bond acceptors (Lipinski definition) is 5. The molecular formula is C27H27ClN6O3. The Morgan fingerprint density at radius 1 is 1.16 bits per heavy atom. The predicted molar refractivity (Wildman–Crippen MR) is 142 cm³/mol. The molecule has 4 rings (SSSR count). The van der Waals surface area contributed by atoms with Crippen molar-refractivity contribution in [1.29, 1.82) is 0 Å². The van der Waals surface area contributed by atoms with Gasteiger partial charge in [0.25, 0.3) is 5.91 Å². The third kappa shape index (κ3) is 6.86. The van der Waals surface area contributed by atoms with E-state index in [9.17, 15) is 9.59 Å². The van der Waals surface area contributed by atoms with Crippen LogP contribution in [0.2, 0.25) is 5.02 Å². The molecule has 0 fully saturated rings. The summed E-state index contributed by atoms with van der Waals surface area (Å²) in [6.45, 7) is 4.05. The number of halogens is 1. The molecule has 190 valence electrons. The minimum absolute atomic E-state index is 0.0897. The van der Waals surface area contributed by atoms with Crippen molar-refractivity contribution in [2.45, 2.75) is 32.9 Å². The lowest BCUT2D eigenvalue weighted by molar-refractivity contribution is -0.123. The van der Waals surface area contributed by atoms with Gasteiger partial charge in [-0.1, -0.05) is 41.9 Å². The molecule has 0 aliphatic rings. The third-order valence-electron chi connectivity index (χ3n) is 5.73. The average molecular weight is 519 g/mol. The van der Waals surface area contributed by atoms with E-state index in [1.165, 1.54) is 6.33 Å². The Bertz CT molecular complexity index is 1370. The average Bonchev–Trinajstić information content (AvgIpc) is 3.51. The summed E-state index contributed by atoms with van der Waals surface area (Å²) >= 11 is 6.02. The molecular weight excluding hydrogens is 492 g/mol. The van der Waals surface area contributed by atoms with Crippen LogP contribution in [0, 0.1) is 13.8 Å². The topological polar surface area (TPSA) is 113 Å². The smallest absolute Gasteiger partial charge is 0.408 e. The lowest BCUT2D eigenvalue weighted by Gasteiger charge is -2.16. The molecule has 0 radical (unpaired) electrons. The van der Waals surface area contributed by atoms with Gasteiger partial charge in [-0.3, -0.25) is 4.79 Å². The van der Waals surface area contributed by atoms with Crippen LogP contribution in [0.5, 0.6) is 0 Å². The summed E-state index contributed by atoms with van der Waals surface area (Å²) in [5, 5.41) is 7.42. The number of alkyl carbamates (subject to hydrolysis) is 1. The van der Waals surface area contributed by atoms with Crippen molar-refractivity contribution in [1.82, 2.24) is 25.3 Å². The van der Waals surface area contributed by atoms with Crippen molar-refractivity contribution in [3.8, 4) is 5.69 Å². The van der Waals surface area contributed by atoms with Gasteiger partial charge >= 0.3 is 6.09 Å². The van der Waals surface area contributed by atoms with Gasteiger partial charge in [-0.05, 0) is 49.7 Å². The second-order valence-electron chi connectivity index (χ2n) is 8.41. The number of rotatable bonds is 9.